The van der Waals surface area contributed by atoms with Gasteiger partial charge in [0.15, 0.2) is 0 Å². The van der Waals surface area contributed by atoms with Crippen LogP contribution in [-0.2, 0) is 19.3 Å². The molecule has 1 heterocycles. The molecule has 1 aromatic rings. The first-order valence-electron chi connectivity index (χ1n) is 7.27. The molecule has 0 amide bonds. The summed E-state index contributed by atoms with van der Waals surface area (Å²) in [4.78, 5) is 0. The van der Waals surface area contributed by atoms with E-state index in [-0.39, 0.29) is 0 Å². The van der Waals surface area contributed by atoms with Crippen molar-refractivity contribution in [2.45, 2.75) is 38.5 Å². The molecule has 18 heavy (non-hydrogen) atoms. The first-order chi connectivity index (χ1) is 8.88. The molecule has 0 aromatic heterocycles. The van der Waals surface area contributed by atoms with E-state index in [2.05, 4.69) is 17.4 Å². The second-order valence-electron chi connectivity index (χ2n) is 5.65. The molecule has 1 atom stereocenters. The lowest BCUT2D eigenvalue weighted by atomic mass is 9.89. The van der Waals surface area contributed by atoms with Crippen LogP contribution >= 0.6 is 0 Å². The number of hydrogen-bond donors (Lipinski definition) is 1. The first-order valence-corrected chi connectivity index (χ1v) is 7.27. The molecule has 0 saturated carbocycles. The number of nitrogens with one attached hydrogen (secondary N) is 1. The van der Waals surface area contributed by atoms with E-state index >= 15 is 0 Å². The molecule has 0 radical (unpaired) electrons. The van der Waals surface area contributed by atoms with Gasteiger partial charge in [-0.25, -0.2) is 0 Å². The fraction of sp³-hybridized carbons (Fsp3) is 0.625. The SMILES string of the molecule is COc1ccc(CC2CCCNC2)c2c1CCC2. The number of benzene rings is 1. The van der Waals surface area contributed by atoms with Gasteiger partial charge >= 0.3 is 0 Å². The van der Waals surface area contributed by atoms with Gasteiger partial charge < -0.3 is 10.1 Å². The summed E-state index contributed by atoms with van der Waals surface area (Å²) in [5.41, 5.74) is 4.66. The molecule has 1 unspecified atom stereocenters. The van der Waals surface area contributed by atoms with Crippen LogP contribution in [0.1, 0.15) is 36.0 Å². The zero-order chi connectivity index (χ0) is 12.4. The molecule has 1 aliphatic carbocycles. The van der Waals surface area contributed by atoms with Gasteiger partial charge in [0.2, 0.25) is 0 Å². The van der Waals surface area contributed by atoms with E-state index in [1.807, 2.05) is 0 Å². The molecule has 1 aliphatic heterocycles. The predicted octanol–water partition coefficient (Wildman–Crippen LogP) is 2.73. The van der Waals surface area contributed by atoms with Crippen LogP contribution < -0.4 is 10.1 Å². The van der Waals surface area contributed by atoms with E-state index in [1.165, 1.54) is 57.2 Å². The van der Waals surface area contributed by atoms with Crippen LogP contribution in [0.2, 0.25) is 0 Å². The highest BCUT2D eigenvalue weighted by molar-refractivity contribution is 5.48. The summed E-state index contributed by atoms with van der Waals surface area (Å²) in [7, 11) is 1.79. The number of hydrogen-bond acceptors (Lipinski definition) is 2. The van der Waals surface area contributed by atoms with Gasteiger partial charge in [-0.1, -0.05) is 6.07 Å². The van der Waals surface area contributed by atoms with Crippen molar-refractivity contribution >= 4 is 0 Å². The van der Waals surface area contributed by atoms with Gasteiger partial charge in [0.1, 0.15) is 5.75 Å². The fourth-order valence-electron chi connectivity index (χ4n) is 3.54. The Morgan fingerprint density at radius 1 is 1.22 bits per heavy atom. The molecule has 98 valence electrons. The van der Waals surface area contributed by atoms with Crippen molar-refractivity contribution in [1.29, 1.82) is 0 Å². The minimum Gasteiger partial charge on any atom is -0.496 e. The minimum atomic E-state index is 0.830. The van der Waals surface area contributed by atoms with E-state index in [1.54, 1.807) is 18.2 Å². The summed E-state index contributed by atoms with van der Waals surface area (Å²) >= 11 is 0. The second-order valence-corrected chi connectivity index (χ2v) is 5.65. The second kappa shape index (κ2) is 5.31. The van der Waals surface area contributed by atoms with Gasteiger partial charge in [0.05, 0.1) is 7.11 Å². The van der Waals surface area contributed by atoms with Crippen LogP contribution in [0.5, 0.6) is 5.75 Å². The average molecular weight is 245 g/mol. The number of ether oxygens (including phenoxy) is 1. The molecule has 1 saturated heterocycles. The molecule has 2 nitrogen and oxygen atoms in total. The maximum absolute atomic E-state index is 5.49. The Morgan fingerprint density at radius 3 is 2.89 bits per heavy atom. The molecule has 2 heteroatoms. The third-order valence-electron chi connectivity index (χ3n) is 4.47. The first kappa shape index (κ1) is 12.0. The molecule has 0 bridgehead atoms. The Labute approximate surface area is 110 Å². The molecule has 3 rings (SSSR count). The Hall–Kier alpha value is -1.02. The summed E-state index contributed by atoms with van der Waals surface area (Å²) < 4.78 is 5.49. The molecular formula is C16H23NO. The van der Waals surface area contributed by atoms with Gasteiger partial charge in [-0.3, -0.25) is 0 Å². The third kappa shape index (κ3) is 2.26. The highest BCUT2D eigenvalue weighted by atomic mass is 16.5. The lowest BCUT2D eigenvalue weighted by Gasteiger charge is -2.24. The minimum absolute atomic E-state index is 0.830. The summed E-state index contributed by atoms with van der Waals surface area (Å²) in [6, 6.07) is 4.48. The Bertz CT molecular complexity index is 421. The number of fused-ring (bicyclic) bond motifs is 1. The van der Waals surface area contributed by atoms with Crippen molar-refractivity contribution in [3.63, 3.8) is 0 Å². The third-order valence-corrected chi connectivity index (χ3v) is 4.47. The number of piperidine rings is 1. The molecule has 1 N–H and O–H groups in total. The van der Waals surface area contributed by atoms with E-state index in [4.69, 9.17) is 4.74 Å². The Morgan fingerprint density at radius 2 is 2.11 bits per heavy atom. The number of rotatable bonds is 3. The standard InChI is InChI=1S/C16H23NO/c1-18-16-8-7-13(14-5-2-6-15(14)16)10-12-4-3-9-17-11-12/h7-8,12,17H,2-6,9-11H2,1H3. The quantitative estimate of drug-likeness (QED) is 0.884. The van der Waals surface area contributed by atoms with Crippen molar-refractivity contribution in [1.82, 2.24) is 5.32 Å². The summed E-state index contributed by atoms with van der Waals surface area (Å²) in [6.07, 6.45) is 7.72. The zero-order valence-corrected chi connectivity index (χ0v) is 11.3. The molecular weight excluding hydrogens is 222 g/mol. The van der Waals surface area contributed by atoms with E-state index in [0.717, 1.165) is 11.7 Å². The number of methoxy groups -OCH3 is 1. The van der Waals surface area contributed by atoms with Crippen LogP contribution in [-0.4, -0.2) is 20.2 Å². The van der Waals surface area contributed by atoms with Gasteiger partial charge in [-0.05, 0) is 80.3 Å². The van der Waals surface area contributed by atoms with Gasteiger partial charge in [0, 0.05) is 0 Å². The molecule has 1 fully saturated rings. The monoisotopic (exact) mass is 245 g/mol. The Kier molecular flexibility index (Phi) is 3.55. The lowest BCUT2D eigenvalue weighted by molar-refractivity contribution is 0.375. The van der Waals surface area contributed by atoms with E-state index in [0.29, 0.717) is 0 Å². The van der Waals surface area contributed by atoms with Gasteiger partial charge in [0.25, 0.3) is 0 Å². The topological polar surface area (TPSA) is 21.3 Å². The predicted molar refractivity (Wildman–Crippen MR) is 74.3 cm³/mol. The summed E-state index contributed by atoms with van der Waals surface area (Å²) in [6.45, 7) is 2.40. The lowest BCUT2D eigenvalue weighted by Crippen LogP contribution is -2.31. The van der Waals surface area contributed by atoms with Crippen molar-refractivity contribution in [2.24, 2.45) is 5.92 Å². The fourth-order valence-corrected chi connectivity index (χ4v) is 3.54. The molecule has 0 spiro atoms. The van der Waals surface area contributed by atoms with Crippen LogP contribution in [0.25, 0.3) is 0 Å². The van der Waals surface area contributed by atoms with Crippen LogP contribution in [0.15, 0.2) is 12.1 Å². The van der Waals surface area contributed by atoms with Gasteiger partial charge in [-0.2, -0.15) is 0 Å². The Balaban J connectivity index is 1.82. The normalized spacial score (nSPS) is 22.8. The van der Waals surface area contributed by atoms with E-state index in [9.17, 15) is 0 Å². The highest BCUT2D eigenvalue weighted by Crippen LogP contribution is 2.34. The van der Waals surface area contributed by atoms with Crippen molar-refractivity contribution < 1.29 is 4.74 Å². The van der Waals surface area contributed by atoms with Crippen molar-refractivity contribution in [2.75, 3.05) is 20.2 Å². The molecule has 2 aliphatic rings. The van der Waals surface area contributed by atoms with Crippen LogP contribution in [0.3, 0.4) is 0 Å². The van der Waals surface area contributed by atoms with E-state index < -0.39 is 0 Å². The summed E-state index contributed by atoms with van der Waals surface area (Å²) in [5, 5.41) is 3.52. The smallest absolute Gasteiger partial charge is 0.122 e. The maximum atomic E-state index is 5.49. The van der Waals surface area contributed by atoms with Gasteiger partial charge in [-0.15, -0.1) is 0 Å². The summed E-state index contributed by atoms with van der Waals surface area (Å²) in [5.74, 6) is 1.94. The maximum Gasteiger partial charge on any atom is 0.122 e. The zero-order valence-electron chi connectivity index (χ0n) is 11.3. The highest BCUT2D eigenvalue weighted by Gasteiger charge is 2.21. The van der Waals surface area contributed by atoms with Crippen molar-refractivity contribution in [3.8, 4) is 5.75 Å². The van der Waals surface area contributed by atoms with Crippen LogP contribution in [0.4, 0.5) is 0 Å². The van der Waals surface area contributed by atoms with Crippen LogP contribution in [0, 0.1) is 5.92 Å². The largest absolute Gasteiger partial charge is 0.496 e. The molecule has 1 aromatic carbocycles. The van der Waals surface area contributed by atoms with Crippen molar-refractivity contribution in [3.05, 3.63) is 28.8 Å². The average Bonchev–Trinajstić information content (AvgIpc) is 2.90.